The fourth-order valence-electron chi connectivity index (χ4n) is 2.64. The van der Waals surface area contributed by atoms with Crippen molar-refractivity contribution >= 4 is 11.8 Å². The van der Waals surface area contributed by atoms with Crippen LogP contribution in [0.25, 0.3) is 0 Å². The number of ether oxygens (including phenoxy) is 1. The second-order valence-electron chi connectivity index (χ2n) is 5.32. The number of carbonyl (C=O) groups is 1. The lowest BCUT2D eigenvalue weighted by molar-refractivity contribution is 0.135. The molecule has 6 nitrogen and oxygen atoms in total. The van der Waals surface area contributed by atoms with Crippen LogP contribution in [-0.4, -0.2) is 54.3 Å². The highest BCUT2D eigenvalue weighted by molar-refractivity contribution is 5.65. The van der Waals surface area contributed by atoms with Gasteiger partial charge in [-0.3, -0.25) is 0 Å². The monoisotopic (exact) mass is 293 g/mol. The summed E-state index contributed by atoms with van der Waals surface area (Å²) in [6, 6.07) is 5.29. The number of rotatable bonds is 6. The third-order valence-electron chi connectivity index (χ3n) is 3.82. The van der Waals surface area contributed by atoms with Crippen LogP contribution in [0.2, 0.25) is 0 Å². The Bertz CT molecular complexity index is 487. The summed E-state index contributed by atoms with van der Waals surface area (Å²) in [4.78, 5) is 15.1. The number of methoxy groups -OCH3 is 1. The summed E-state index contributed by atoms with van der Waals surface area (Å²) < 4.78 is 5.27. The minimum absolute atomic E-state index is 0.289. The van der Waals surface area contributed by atoms with Gasteiger partial charge in [0, 0.05) is 24.3 Å². The van der Waals surface area contributed by atoms with E-state index in [4.69, 9.17) is 10.5 Å². The lowest BCUT2D eigenvalue weighted by Gasteiger charge is -2.23. The number of nitrogens with two attached hydrogens (primary N) is 1. The van der Waals surface area contributed by atoms with Gasteiger partial charge in [0.1, 0.15) is 5.75 Å². The SMILES string of the molecule is COc1ccc(N)cc1CN(CCN1CCCC1)C(=O)O. The molecule has 21 heavy (non-hydrogen) atoms. The van der Waals surface area contributed by atoms with Gasteiger partial charge in [0.15, 0.2) is 0 Å². The Morgan fingerprint density at radius 1 is 1.43 bits per heavy atom. The van der Waals surface area contributed by atoms with E-state index in [1.54, 1.807) is 25.3 Å². The molecule has 0 saturated carbocycles. The fraction of sp³-hybridized carbons (Fsp3) is 0.533. The molecule has 0 atom stereocenters. The summed E-state index contributed by atoms with van der Waals surface area (Å²) >= 11 is 0. The Labute approximate surface area is 125 Å². The largest absolute Gasteiger partial charge is 0.496 e. The highest BCUT2D eigenvalue weighted by Crippen LogP contribution is 2.22. The molecule has 116 valence electrons. The van der Waals surface area contributed by atoms with Crippen molar-refractivity contribution in [2.45, 2.75) is 19.4 Å². The zero-order valence-electron chi connectivity index (χ0n) is 12.4. The second kappa shape index (κ2) is 7.17. The Kier molecular flexibility index (Phi) is 5.27. The van der Waals surface area contributed by atoms with E-state index < -0.39 is 6.09 Å². The summed E-state index contributed by atoms with van der Waals surface area (Å²) in [6.07, 6.45) is 1.49. The number of hydrogen-bond acceptors (Lipinski definition) is 4. The minimum atomic E-state index is -0.918. The summed E-state index contributed by atoms with van der Waals surface area (Å²) in [6.45, 7) is 3.69. The zero-order chi connectivity index (χ0) is 15.2. The van der Waals surface area contributed by atoms with Gasteiger partial charge in [0.25, 0.3) is 0 Å². The number of likely N-dealkylation sites (tertiary alicyclic amines) is 1. The van der Waals surface area contributed by atoms with Crippen LogP contribution >= 0.6 is 0 Å². The number of benzene rings is 1. The number of carboxylic acid groups (broad SMARTS) is 1. The smallest absolute Gasteiger partial charge is 0.407 e. The first-order chi connectivity index (χ1) is 10.1. The Balaban J connectivity index is 2.01. The normalized spacial score (nSPS) is 15.1. The highest BCUT2D eigenvalue weighted by Gasteiger charge is 2.18. The molecule has 6 heteroatoms. The van der Waals surface area contributed by atoms with Gasteiger partial charge in [-0.2, -0.15) is 0 Å². The molecule has 1 aromatic carbocycles. The van der Waals surface area contributed by atoms with Crippen molar-refractivity contribution in [3.05, 3.63) is 23.8 Å². The summed E-state index contributed by atoms with van der Waals surface area (Å²) in [7, 11) is 1.57. The summed E-state index contributed by atoms with van der Waals surface area (Å²) in [5.74, 6) is 0.664. The van der Waals surface area contributed by atoms with Gasteiger partial charge in [0.2, 0.25) is 0 Å². The molecule has 1 fully saturated rings. The molecule has 0 spiro atoms. The van der Waals surface area contributed by atoms with Crippen LogP contribution < -0.4 is 10.5 Å². The number of amides is 1. The van der Waals surface area contributed by atoms with Gasteiger partial charge in [0.05, 0.1) is 13.7 Å². The van der Waals surface area contributed by atoms with Gasteiger partial charge in [-0.1, -0.05) is 0 Å². The van der Waals surface area contributed by atoms with Crippen LogP contribution in [0.1, 0.15) is 18.4 Å². The van der Waals surface area contributed by atoms with E-state index in [1.165, 1.54) is 17.7 Å². The average molecular weight is 293 g/mol. The van der Waals surface area contributed by atoms with E-state index in [2.05, 4.69) is 4.90 Å². The standard InChI is InChI=1S/C15H23N3O3/c1-21-14-5-4-13(16)10-12(14)11-18(15(19)20)9-8-17-6-2-3-7-17/h4-5,10H,2-3,6-9,11,16H2,1H3,(H,19,20). The molecule has 1 aliphatic heterocycles. The van der Waals surface area contributed by atoms with E-state index in [1.807, 2.05) is 0 Å². The number of hydrogen-bond donors (Lipinski definition) is 2. The average Bonchev–Trinajstić information content (AvgIpc) is 2.96. The molecule has 2 rings (SSSR count). The van der Waals surface area contributed by atoms with Gasteiger partial charge in [-0.25, -0.2) is 4.79 Å². The van der Waals surface area contributed by atoms with Crippen LogP contribution in [0.15, 0.2) is 18.2 Å². The molecule has 3 N–H and O–H groups in total. The molecule has 1 saturated heterocycles. The first-order valence-electron chi connectivity index (χ1n) is 7.23. The fourth-order valence-corrected chi connectivity index (χ4v) is 2.64. The Hall–Kier alpha value is -1.95. The quantitative estimate of drug-likeness (QED) is 0.783. The highest BCUT2D eigenvalue weighted by atomic mass is 16.5. The predicted octanol–water partition coefficient (Wildman–Crippen LogP) is 1.85. The van der Waals surface area contributed by atoms with Crippen LogP contribution in [0, 0.1) is 0 Å². The molecule has 0 aromatic heterocycles. The van der Waals surface area contributed by atoms with E-state index in [-0.39, 0.29) is 6.54 Å². The van der Waals surface area contributed by atoms with Crippen molar-refractivity contribution < 1.29 is 14.6 Å². The van der Waals surface area contributed by atoms with Crippen LogP contribution in [-0.2, 0) is 6.54 Å². The first-order valence-corrected chi connectivity index (χ1v) is 7.23. The predicted molar refractivity (Wildman–Crippen MR) is 81.5 cm³/mol. The van der Waals surface area contributed by atoms with Crippen molar-refractivity contribution in [3.63, 3.8) is 0 Å². The van der Waals surface area contributed by atoms with Crippen molar-refractivity contribution in [2.24, 2.45) is 0 Å². The molecular formula is C15H23N3O3. The van der Waals surface area contributed by atoms with Gasteiger partial charge in [-0.05, 0) is 44.1 Å². The summed E-state index contributed by atoms with van der Waals surface area (Å²) in [5, 5.41) is 9.38. The van der Waals surface area contributed by atoms with E-state index >= 15 is 0 Å². The third-order valence-corrected chi connectivity index (χ3v) is 3.82. The van der Waals surface area contributed by atoms with Crippen molar-refractivity contribution in [2.75, 3.05) is 39.0 Å². The molecule has 1 amide bonds. The first kappa shape index (κ1) is 15.4. The van der Waals surface area contributed by atoms with Crippen molar-refractivity contribution in [1.29, 1.82) is 0 Å². The number of nitrogens with zero attached hydrogens (tertiary/aromatic N) is 2. The second-order valence-corrected chi connectivity index (χ2v) is 5.32. The summed E-state index contributed by atoms with van der Waals surface area (Å²) in [5.41, 5.74) is 7.18. The molecule has 0 radical (unpaired) electrons. The molecule has 0 unspecified atom stereocenters. The van der Waals surface area contributed by atoms with E-state index in [0.717, 1.165) is 25.2 Å². The molecule has 0 bridgehead atoms. The zero-order valence-corrected chi connectivity index (χ0v) is 12.4. The topological polar surface area (TPSA) is 79.0 Å². The Morgan fingerprint density at radius 2 is 2.14 bits per heavy atom. The van der Waals surface area contributed by atoms with Crippen molar-refractivity contribution in [1.82, 2.24) is 9.80 Å². The molecule has 1 aliphatic rings. The van der Waals surface area contributed by atoms with Gasteiger partial charge < -0.3 is 25.4 Å². The van der Waals surface area contributed by atoms with Crippen molar-refractivity contribution in [3.8, 4) is 5.75 Å². The molecule has 0 aliphatic carbocycles. The van der Waals surface area contributed by atoms with Crippen LogP contribution in [0.3, 0.4) is 0 Å². The maximum absolute atomic E-state index is 11.4. The van der Waals surface area contributed by atoms with Gasteiger partial charge in [-0.15, -0.1) is 0 Å². The number of nitrogen functional groups attached to an aromatic ring is 1. The molecule has 1 aromatic rings. The van der Waals surface area contributed by atoms with E-state index in [0.29, 0.717) is 18.0 Å². The Morgan fingerprint density at radius 3 is 2.76 bits per heavy atom. The molecule has 1 heterocycles. The van der Waals surface area contributed by atoms with Gasteiger partial charge >= 0.3 is 6.09 Å². The minimum Gasteiger partial charge on any atom is -0.496 e. The third kappa shape index (κ3) is 4.26. The van der Waals surface area contributed by atoms with Crippen LogP contribution in [0.4, 0.5) is 10.5 Å². The van der Waals surface area contributed by atoms with E-state index in [9.17, 15) is 9.90 Å². The van der Waals surface area contributed by atoms with Crippen LogP contribution in [0.5, 0.6) is 5.75 Å². The lowest BCUT2D eigenvalue weighted by Crippen LogP contribution is -2.36. The maximum atomic E-state index is 11.4. The molecular weight excluding hydrogens is 270 g/mol. The maximum Gasteiger partial charge on any atom is 0.407 e. The number of anilines is 1. The lowest BCUT2D eigenvalue weighted by atomic mass is 10.1.